The fraction of sp³-hybridized carbons (Fsp3) is 0.562. The van der Waals surface area contributed by atoms with Gasteiger partial charge in [-0.1, -0.05) is 35.7 Å². The topological polar surface area (TPSA) is 64.3 Å². The summed E-state index contributed by atoms with van der Waals surface area (Å²) in [6.07, 6.45) is 4.36. The third-order valence-corrected chi connectivity index (χ3v) is 5.08. The van der Waals surface area contributed by atoms with Crippen LogP contribution < -0.4 is 15.8 Å². The van der Waals surface area contributed by atoms with Gasteiger partial charge < -0.3 is 15.8 Å². The maximum Gasteiger partial charge on any atom is 0.255 e. The lowest BCUT2D eigenvalue weighted by Crippen LogP contribution is -2.59. The van der Waals surface area contributed by atoms with E-state index in [0.717, 1.165) is 23.7 Å². The Bertz CT molecular complexity index is 521. The summed E-state index contributed by atoms with van der Waals surface area (Å²) in [5.41, 5.74) is 6.25. The fourth-order valence-electron chi connectivity index (χ4n) is 3.10. The van der Waals surface area contributed by atoms with Crippen LogP contribution in [0.25, 0.3) is 0 Å². The van der Waals surface area contributed by atoms with Crippen LogP contribution in [0.1, 0.15) is 43.0 Å². The van der Waals surface area contributed by atoms with Crippen LogP contribution in [-0.2, 0) is 0 Å². The fourth-order valence-corrected chi connectivity index (χ4v) is 3.44. The van der Waals surface area contributed by atoms with Crippen LogP contribution >= 0.6 is 15.9 Å². The average molecular weight is 355 g/mol. The smallest absolute Gasteiger partial charge is 0.255 e. The molecular formula is C16H23BrN2O2. The summed E-state index contributed by atoms with van der Waals surface area (Å²) in [6, 6.07) is 5.42. The SMILES string of the molecule is COc1cc(Br)ccc1C(=O)NC1(CN)CCCCC1C. The lowest BCUT2D eigenvalue weighted by Gasteiger charge is -2.42. The molecule has 21 heavy (non-hydrogen) atoms. The molecule has 0 bridgehead atoms. The van der Waals surface area contributed by atoms with E-state index in [-0.39, 0.29) is 11.4 Å². The van der Waals surface area contributed by atoms with Crippen LogP contribution in [-0.4, -0.2) is 25.1 Å². The molecule has 2 unspecified atom stereocenters. The van der Waals surface area contributed by atoms with Crippen molar-refractivity contribution in [1.29, 1.82) is 0 Å². The quantitative estimate of drug-likeness (QED) is 0.872. The number of carbonyl (C=O) groups excluding carboxylic acids is 1. The van der Waals surface area contributed by atoms with Crippen LogP contribution in [0.5, 0.6) is 5.75 Å². The van der Waals surface area contributed by atoms with Gasteiger partial charge in [-0.15, -0.1) is 0 Å². The molecule has 1 aromatic carbocycles. The van der Waals surface area contributed by atoms with E-state index in [0.29, 0.717) is 23.8 Å². The van der Waals surface area contributed by atoms with Crippen LogP contribution in [0.3, 0.4) is 0 Å². The molecule has 1 amide bonds. The molecule has 0 radical (unpaired) electrons. The zero-order chi connectivity index (χ0) is 15.5. The number of hydrogen-bond acceptors (Lipinski definition) is 3. The molecule has 0 aliphatic heterocycles. The number of nitrogens with one attached hydrogen (secondary N) is 1. The maximum atomic E-state index is 12.7. The molecule has 1 saturated carbocycles. The number of hydrogen-bond donors (Lipinski definition) is 2. The van der Waals surface area contributed by atoms with Crippen molar-refractivity contribution in [2.45, 2.75) is 38.1 Å². The lowest BCUT2D eigenvalue weighted by atomic mass is 9.73. The molecule has 0 spiro atoms. The number of carbonyl (C=O) groups is 1. The predicted molar refractivity (Wildman–Crippen MR) is 87.6 cm³/mol. The van der Waals surface area contributed by atoms with Gasteiger partial charge >= 0.3 is 0 Å². The normalized spacial score (nSPS) is 25.4. The van der Waals surface area contributed by atoms with Gasteiger partial charge in [0.15, 0.2) is 0 Å². The van der Waals surface area contributed by atoms with Gasteiger partial charge in [0.25, 0.3) is 5.91 Å². The summed E-state index contributed by atoms with van der Waals surface area (Å²) < 4.78 is 6.19. The van der Waals surface area contributed by atoms with Crippen LogP contribution in [0.2, 0.25) is 0 Å². The highest BCUT2D eigenvalue weighted by Crippen LogP contribution is 2.34. The summed E-state index contributed by atoms with van der Waals surface area (Å²) in [5, 5.41) is 3.18. The van der Waals surface area contributed by atoms with E-state index in [2.05, 4.69) is 28.2 Å². The first-order valence-electron chi connectivity index (χ1n) is 7.38. The highest BCUT2D eigenvalue weighted by Gasteiger charge is 2.38. The second kappa shape index (κ2) is 6.79. The third kappa shape index (κ3) is 3.40. The van der Waals surface area contributed by atoms with Gasteiger partial charge in [0.2, 0.25) is 0 Å². The number of ether oxygens (including phenoxy) is 1. The Morgan fingerprint density at radius 3 is 2.90 bits per heavy atom. The zero-order valence-electron chi connectivity index (χ0n) is 12.6. The number of methoxy groups -OCH3 is 1. The Morgan fingerprint density at radius 1 is 1.52 bits per heavy atom. The second-order valence-electron chi connectivity index (χ2n) is 5.81. The minimum absolute atomic E-state index is 0.112. The number of rotatable bonds is 4. The average Bonchev–Trinajstić information content (AvgIpc) is 2.49. The Balaban J connectivity index is 2.24. The molecule has 0 aromatic heterocycles. The summed E-state index contributed by atoms with van der Waals surface area (Å²) in [5.74, 6) is 0.845. The molecule has 1 aliphatic carbocycles. The van der Waals surface area contributed by atoms with E-state index in [1.54, 1.807) is 19.2 Å². The highest BCUT2D eigenvalue weighted by molar-refractivity contribution is 9.10. The number of amides is 1. The molecule has 5 heteroatoms. The van der Waals surface area contributed by atoms with Gasteiger partial charge in [-0.25, -0.2) is 0 Å². The maximum absolute atomic E-state index is 12.7. The Morgan fingerprint density at radius 2 is 2.29 bits per heavy atom. The van der Waals surface area contributed by atoms with Crippen LogP contribution in [0.4, 0.5) is 0 Å². The second-order valence-corrected chi connectivity index (χ2v) is 6.72. The molecule has 1 aromatic rings. The molecule has 0 heterocycles. The Labute approximate surface area is 134 Å². The summed E-state index contributed by atoms with van der Waals surface area (Å²) in [4.78, 5) is 12.7. The number of halogens is 1. The standard InChI is InChI=1S/C16H23BrN2O2/c1-11-5-3-4-8-16(11,10-18)19-15(20)13-7-6-12(17)9-14(13)21-2/h6-7,9,11H,3-5,8,10,18H2,1-2H3,(H,19,20). The molecule has 0 saturated heterocycles. The summed E-state index contributed by atoms with van der Waals surface area (Å²) in [6.45, 7) is 2.64. The molecule has 1 aliphatic rings. The van der Waals surface area contributed by atoms with Crippen molar-refractivity contribution in [2.75, 3.05) is 13.7 Å². The Hall–Kier alpha value is -1.07. The van der Waals surface area contributed by atoms with E-state index in [9.17, 15) is 4.79 Å². The van der Waals surface area contributed by atoms with Crippen molar-refractivity contribution >= 4 is 21.8 Å². The van der Waals surface area contributed by atoms with Gasteiger partial charge in [-0.2, -0.15) is 0 Å². The molecule has 4 nitrogen and oxygen atoms in total. The lowest BCUT2D eigenvalue weighted by molar-refractivity contribution is 0.0810. The first-order valence-corrected chi connectivity index (χ1v) is 8.18. The molecule has 116 valence electrons. The van der Waals surface area contributed by atoms with Crippen molar-refractivity contribution < 1.29 is 9.53 Å². The molecule has 1 fully saturated rings. The van der Waals surface area contributed by atoms with Crippen molar-refractivity contribution in [1.82, 2.24) is 5.32 Å². The minimum atomic E-state index is -0.298. The molecule has 3 N–H and O–H groups in total. The van der Waals surface area contributed by atoms with E-state index in [1.807, 2.05) is 6.07 Å². The molecule has 2 rings (SSSR count). The van der Waals surface area contributed by atoms with Gasteiger partial charge in [-0.05, 0) is 37.0 Å². The van der Waals surface area contributed by atoms with Crippen molar-refractivity contribution in [3.63, 3.8) is 0 Å². The van der Waals surface area contributed by atoms with E-state index < -0.39 is 0 Å². The number of nitrogens with two attached hydrogens (primary N) is 1. The van der Waals surface area contributed by atoms with E-state index in [1.165, 1.54) is 6.42 Å². The number of benzene rings is 1. The monoisotopic (exact) mass is 354 g/mol. The first-order chi connectivity index (χ1) is 10.0. The van der Waals surface area contributed by atoms with Gasteiger partial charge in [0.1, 0.15) is 5.75 Å². The molecular weight excluding hydrogens is 332 g/mol. The van der Waals surface area contributed by atoms with Crippen molar-refractivity contribution in [2.24, 2.45) is 11.7 Å². The summed E-state index contributed by atoms with van der Waals surface area (Å²) >= 11 is 3.39. The zero-order valence-corrected chi connectivity index (χ0v) is 14.2. The van der Waals surface area contributed by atoms with Gasteiger partial charge in [-0.3, -0.25) is 4.79 Å². The minimum Gasteiger partial charge on any atom is -0.496 e. The molecule has 2 atom stereocenters. The van der Waals surface area contributed by atoms with Crippen LogP contribution in [0.15, 0.2) is 22.7 Å². The Kier molecular flexibility index (Phi) is 5.27. The predicted octanol–water partition coefficient (Wildman–Crippen LogP) is 3.10. The third-order valence-electron chi connectivity index (χ3n) is 4.59. The van der Waals surface area contributed by atoms with Crippen molar-refractivity contribution in [3.05, 3.63) is 28.2 Å². The first kappa shape index (κ1) is 16.3. The van der Waals surface area contributed by atoms with Gasteiger partial charge in [0, 0.05) is 11.0 Å². The largest absolute Gasteiger partial charge is 0.496 e. The van der Waals surface area contributed by atoms with Crippen molar-refractivity contribution in [3.8, 4) is 5.75 Å². The van der Waals surface area contributed by atoms with Gasteiger partial charge in [0.05, 0.1) is 18.2 Å². The summed E-state index contributed by atoms with van der Waals surface area (Å²) in [7, 11) is 1.57. The van der Waals surface area contributed by atoms with E-state index in [4.69, 9.17) is 10.5 Å². The van der Waals surface area contributed by atoms with E-state index >= 15 is 0 Å². The highest BCUT2D eigenvalue weighted by atomic mass is 79.9. The van der Waals surface area contributed by atoms with Crippen LogP contribution in [0, 0.1) is 5.92 Å².